The zero-order valence-corrected chi connectivity index (χ0v) is 75.5. The number of benzene rings is 4. The third-order valence-corrected chi connectivity index (χ3v) is 13.6. The van der Waals surface area contributed by atoms with Crippen LogP contribution in [0.25, 0.3) is 90.9 Å². The molecule has 7 aromatic rings. The molecule has 0 radical (unpaired) electrons. The summed E-state index contributed by atoms with van der Waals surface area (Å²) < 4.78 is 0. The third kappa shape index (κ3) is 31.5. The summed E-state index contributed by atoms with van der Waals surface area (Å²) in [5.74, 6) is 0. The first-order chi connectivity index (χ1) is 45.0. The Balaban J connectivity index is 0.00000106. The predicted molar refractivity (Wildman–Crippen MR) is 403 cm³/mol. The van der Waals surface area contributed by atoms with Crippen molar-refractivity contribution in [3.8, 4) is 44.5 Å². The fourth-order valence-corrected chi connectivity index (χ4v) is 11.0. The molecule has 2 aliphatic heterocycles. The van der Waals surface area contributed by atoms with Gasteiger partial charge in [0.1, 0.15) is 0 Å². The van der Waals surface area contributed by atoms with Gasteiger partial charge in [-0.05, 0) is 159 Å². The van der Waals surface area contributed by atoms with Crippen LogP contribution in [0.4, 0.5) is 0 Å². The molecule has 9 rings (SSSR count). The first kappa shape index (κ1) is 89.3. The molecule has 550 valence electrons. The predicted octanol–water partition coefficient (Wildman–Crippen LogP) is 18.5. The molecule has 29 heteroatoms. The molecular weight excluding hydrogens is 2250 g/mol. The van der Waals surface area contributed by atoms with Crippen LogP contribution in [0.3, 0.4) is 0 Å². The minimum absolute atomic E-state index is 0. The van der Waals surface area contributed by atoms with E-state index < -0.39 is 56.8 Å². The van der Waals surface area contributed by atoms with Gasteiger partial charge in [-0.1, -0.05) is 24.3 Å². The van der Waals surface area contributed by atoms with Crippen LogP contribution in [0.1, 0.15) is 67.3 Å². The first-order valence-electron chi connectivity index (χ1n) is 29.0. The number of hydrogen-bond acceptors (Lipinski definition) is 10. The molecule has 0 saturated carbocycles. The number of rotatable bonds is 20. The molecule has 3 aromatic heterocycles. The molecule has 0 atom stereocenters. The molecule has 12 nitrogen and oxygen atoms in total. The Morgan fingerprint density at radius 2 is 0.412 bits per heavy atom. The molecule has 8 bridgehead atoms. The summed E-state index contributed by atoms with van der Waals surface area (Å²) in [7, 11) is 93.3. The summed E-state index contributed by atoms with van der Waals surface area (Å²) in [6.07, 6.45) is 8.69. The van der Waals surface area contributed by atoms with E-state index in [0.717, 1.165) is 186 Å². The number of fused-ring (bicyclic) bond motifs is 8. The maximum atomic E-state index is 5.74. The van der Waals surface area contributed by atoms with Gasteiger partial charge in [-0.15, -0.1) is 88.8 Å². The van der Waals surface area contributed by atoms with Crippen molar-refractivity contribution in [2.24, 2.45) is 0 Å². The van der Waals surface area contributed by atoms with E-state index in [-0.39, 0.29) is 16.5 Å². The molecule has 0 fully saturated rings. The van der Waals surface area contributed by atoms with E-state index in [4.69, 9.17) is 133 Å². The average Bonchev–Trinajstić information content (AvgIpc) is 1.64. The van der Waals surface area contributed by atoms with E-state index in [2.05, 4.69) is 273 Å². The van der Waals surface area contributed by atoms with Gasteiger partial charge in [0.2, 0.25) is 0 Å². The zero-order valence-electron chi connectivity index (χ0n) is 56.4. The standard InChI is InChI=1S/C68H80N12.12ClH.Ni.4Pt/c1-73(2)37-45-25-46(38-74(3)4)30-53(29-45)65-57-17-19-59(69-57)66(54-31-47(39-75(5)6)26-48(32-54)40-76(7)8)61-21-23-63(71-61)68(56-35-51(43-79(13)14)28-52(36-56)44-80(15)16)64-24-22-62(72-64)67(60-20-18-58(65)70-60)55-33-49(41-77(9)10)27-50(34-55)42-78(11)12;;;;;;;;;;;;;;;;;/h17-24,29-36H,37-44H2,1-16H3;12*1H;;;;;/q-6;;;;;;;;;;;;;+2;4*+3/p-12. The number of hydrogen-bond donors (Lipinski definition) is 0. The van der Waals surface area contributed by atoms with Gasteiger partial charge in [0.15, 0.2) is 0 Å². The SMILES string of the molecule is CN(C)Cc1[c-]c(CN(C)C)cc(-c2c3nc(c(-c4cc(CN(C)C)[c-]c(CN(C)C)c4)c4ccc([n-]4)c(-c4cc(CN(C)C)[c-]c(CN(C)C)c4)c4nc(c(-c5cc(CN(C)C)[c-]c(CN(C)C)c5)c5ccc2[n-]5)C=C4)C=C3)c1.[Cl][Pt]([Cl])[Cl].[Cl][Pt]([Cl])[Cl].[Cl][Pt]([Cl])[Cl].[Cl][Pt]([Cl])[Cl].[Ni+2]. The summed E-state index contributed by atoms with van der Waals surface area (Å²) in [6.45, 7) is 5.83. The molecule has 4 aromatic carbocycles. The molecule has 0 N–H and O–H groups in total. The first-order valence-corrected chi connectivity index (χ1v) is 62.8. The van der Waals surface area contributed by atoms with Crippen molar-refractivity contribution in [1.29, 1.82) is 0 Å². The van der Waals surface area contributed by atoms with Crippen molar-refractivity contribution in [2.75, 3.05) is 113 Å². The van der Waals surface area contributed by atoms with Crippen molar-refractivity contribution in [1.82, 2.24) is 59.1 Å². The smallest absolute Gasteiger partial charge is 2.00 e. The van der Waals surface area contributed by atoms with Crippen molar-refractivity contribution in [3.05, 3.63) is 164 Å². The third-order valence-electron chi connectivity index (χ3n) is 13.6. The molecule has 0 aliphatic carbocycles. The summed E-state index contributed by atoms with van der Waals surface area (Å²) in [6, 6.07) is 41.9. The molecule has 0 saturated heterocycles. The Bertz CT molecular complexity index is 3290. The zero-order chi connectivity index (χ0) is 71.4. The van der Waals surface area contributed by atoms with Crippen LogP contribution in [0.2, 0.25) is 0 Å². The maximum absolute atomic E-state index is 5.74. The molecule has 5 heterocycles. The summed E-state index contributed by atoms with van der Waals surface area (Å²) in [4.78, 5) is 40.5. The summed E-state index contributed by atoms with van der Waals surface area (Å²) in [5, 5.41) is 0. The Morgan fingerprint density at radius 1 is 0.278 bits per heavy atom. The van der Waals surface area contributed by atoms with Gasteiger partial charge in [-0.25, -0.2) is 9.97 Å². The Morgan fingerprint density at radius 3 is 0.536 bits per heavy atom. The fraction of sp³-hybridized carbons (Fsp3) is 0.353. The minimum Gasteiger partial charge on any atom is 2.00 e. The maximum Gasteiger partial charge on any atom is 2.00 e. The van der Waals surface area contributed by atoms with Crippen LogP contribution in [-0.2, 0) is 126 Å². The fourth-order valence-electron chi connectivity index (χ4n) is 11.0. The van der Waals surface area contributed by atoms with Gasteiger partial charge in [-0.2, -0.15) is 72.8 Å². The average molecular weight is 2330 g/mol. The van der Waals surface area contributed by atoms with Crippen LogP contribution in [-0.4, -0.2) is 162 Å². The van der Waals surface area contributed by atoms with E-state index in [0.29, 0.717) is 0 Å². The number of nitrogens with zero attached hydrogens (tertiary/aromatic N) is 12. The van der Waals surface area contributed by atoms with Gasteiger partial charge < -0.3 is 49.2 Å². The Labute approximate surface area is 657 Å². The quantitative estimate of drug-likeness (QED) is 0.0539. The summed E-state index contributed by atoms with van der Waals surface area (Å²) >= 11 is -7.41. The Hall–Kier alpha value is -0.113. The van der Waals surface area contributed by atoms with Crippen molar-refractivity contribution >= 4 is 159 Å². The van der Waals surface area contributed by atoms with E-state index in [1.54, 1.807) is 0 Å². The van der Waals surface area contributed by atoms with Gasteiger partial charge in [0, 0.05) is 52.4 Å². The molecule has 97 heavy (non-hydrogen) atoms. The van der Waals surface area contributed by atoms with E-state index >= 15 is 0 Å². The van der Waals surface area contributed by atoms with Crippen LogP contribution in [0.5, 0.6) is 0 Å². The van der Waals surface area contributed by atoms with E-state index in [1.807, 2.05) is 0 Å². The molecule has 0 amide bonds. The normalized spacial score (nSPS) is 12.3. The van der Waals surface area contributed by atoms with Gasteiger partial charge in [0.25, 0.3) is 0 Å². The van der Waals surface area contributed by atoms with Crippen LogP contribution in [0, 0.1) is 24.3 Å². The molecule has 0 unspecified atom stereocenters. The number of aromatic nitrogens is 4. The van der Waals surface area contributed by atoms with Crippen LogP contribution >= 0.6 is 113 Å². The largest absolute Gasteiger partial charge is 2.00 e. The second-order valence-corrected chi connectivity index (χ2v) is 63.9. The summed E-state index contributed by atoms with van der Waals surface area (Å²) in [5.41, 5.74) is 23.3. The van der Waals surface area contributed by atoms with Gasteiger partial charge >= 0.3 is 186 Å². The second kappa shape index (κ2) is 44.1. The topological polar surface area (TPSA) is 79.9 Å². The monoisotopic (exact) mass is 2320 g/mol. The Kier molecular flexibility index (Phi) is 40.6. The van der Waals surface area contributed by atoms with E-state index in [1.165, 1.54) is 0 Å². The van der Waals surface area contributed by atoms with Crippen molar-refractivity contribution in [3.63, 3.8) is 0 Å². The molecule has 2 aliphatic rings. The van der Waals surface area contributed by atoms with Crippen molar-refractivity contribution in [2.45, 2.75) is 52.4 Å². The second-order valence-electron chi connectivity index (χ2n) is 24.5. The van der Waals surface area contributed by atoms with Crippen LogP contribution < -0.4 is 9.97 Å². The van der Waals surface area contributed by atoms with Crippen molar-refractivity contribution < 1.29 is 73.2 Å². The molecule has 0 spiro atoms. The minimum atomic E-state index is -1.85. The number of halogens is 12. The van der Waals surface area contributed by atoms with Gasteiger partial charge in [0.05, 0.1) is 22.8 Å². The molecular formula is C68H80Cl12N12NiPt4-4. The van der Waals surface area contributed by atoms with E-state index in [9.17, 15) is 0 Å². The van der Waals surface area contributed by atoms with Crippen LogP contribution in [0.15, 0.2) is 72.8 Å². The van der Waals surface area contributed by atoms with Gasteiger partial charge in [-0.3, -0.25) is 0 Å².